The van der Waals surface area contributed by atoms with Crippen LogP contribution in [0.1, 0.15) is 38.9 Å². The van der Waals surface area contributed by atoms with Gasteiger partial charge in [0.2, 0.25) is 0 Å². The molecule has 1 aliphatic rings. The van der Waals surface area contributed by atoms with Gasteiger partial charge in [0.05, 0.1) is 16.6 Å². The summed E-state index contributed by atoms with van der Waals surface area (Å²) in [5.74, 6) is 0.227. The molecule has 0 atom stereocenters. The Morgan fingerprint density at radius 1 is 0.690 bits per heavy atom. The number of fused-ring (bicyclic) bond motifs is 3. The number of phenolic OH excluding ortho intramolecular Hbond substituents is 1. The molecule has 6 heteroatoms. The first kappa shape index (κ1) is 28.2. The van der Waals surface area contributed by atoms with E-state index in [2.05, 4.69) is 83.8 Å². The number of pyridine rings is 1. The number of para-hydroxylation sites is 2. The fourth-order valence-corrected chi connectivity index (χ4v) is 6.18. The van der Waals surface area contributed by atoms with Crippen molar-refractivity contribution in [3.8, 4) is 5.75 Å². The third-order valence-corrected chi connectivity index (χ3v) is 7.86. The minimum absolute atomic E-state index is 0.181. The minimum atomic E-state index is -0.679. The van der Waals surface area contributed by atoms with Gasteiger partial charge >= 0.3 is 33.5 Å². The summed E-state index contributed by atoms with van der Waals surface area (Å²) in [5, 5.41) is 13.0. The molecule has 206 valence electrons. The maximum absolute atomic E-state index is 12.0. The molecule has 42 heavy (non-hydrogen) atoms. The Hall–Kier alpha value is -3.91. The van der Waals surface area contributed by atoms with E-state index in [1.165, 1.54) is 22.3 Å². The average molecular weight is 626 g/mol. The molecule has 0 aliphatic heterocycles. The van der Waals surface area contributed by atoms with Gasteiger partial charge in [-0.05, 0) is 52.4 Å². The van der Waals surface area contributed by atoms with Gasteiger partial charge in [0, 0.05) is 28.9 Å². The van der Waals surface area contributed by atoms with Crippen molar-refractivity contribution in [3.05, 3.63) is 173 Å². The van der Waals surface area contributed by atoms with E-state index in [0.29, 0.717) is 5.56 Å². The molecule has 5 aromatic carbocycles. The first-order valence-corrected chi connectivity index (χ1v) is 17.0. The summed E-state index contributed by atoms with van der Waals surface area (Å²) < 4.78 is 0. The molecule has 3 nitrogen and oxygen atoms in total. The molecule has 1 N–H and O–H groups in total. The summed E-state index contributed by atoms with van der Waals surface area (Å²) in [5.41, 5.74) is 8.46. The van der Waals surface area contributed by atoms with Crippen LogP contribution < -0.4 is 0 Å². The van der Waals surface area contributed by atoms with Crippen molar-refractivity contribution in [3.63, 3.8) is 0 Å². The Morgan fingerprint density at radius 3 is 2.00 bits per heavy atom. The van der Waals surface area contributed by atoms with Crippen LogP contribution in [0.5, 0.6) is 5.75 Å². The summed E-state index contributed by atoms with van der Waals surface area (Å²) in [4.78, 5) is 9.32. The second-order valence-corrected chi connectivity index (χ2v) is 12.1. The van der Waals surface area contributed by atoms with Gasteiger partial charge in [0.25, 0.3) is 0 Å². The van der Waals surface area contributed by atoms with E-state index in [1.54, 1.807) is 12.4 Å². The number of halogens is 2. The van der Waals surface area contributed by atoms with Crippen LogP contribution in [0.4, 0.5) is 5.69 Å². The van der Waals surface area contributed by atoms with E-state index in [0.717, 1.165) is 34.1 Å². The number of aromatic nitrogens is 1. The molecular weight excluding hydrogens is 599 g/mol. The standard InChI is InChI=1S/C36H26N2O.2ClH.Cr/c39-35-28(24-38-33-21-9-13-25-15-10-22-37-34(25)33)14-8-20-32(35)36(29-16-2-1-3-17-29)30-18-6-4-11-26(30)23-27-12-5-7-19-31(27)36;;;/h1-22,24,39H,23H2;2*1H;/q;;;+2/p-2. The molecular formula is C36H26Cl2CrN2O. The summed E-state index contributed by atoms with van der Waals surface area (Å²) in [6.45, 7) is 0. The van der Waals surface area contributed by atoms with Crippen molar-refractivity contribution in [2.45, 2.75) is 11.8 Å². The first-order chi connectivity index (χ1) is 20.7. The molecule has 1 aromatic heterocycles. The fraction of sp³-hybridized carbons (Fsp3) is 0.0556. The zero-order chi connectivity index (χ0) is 28.9. The summed E-state index contributed by atoms with van der Waals surface area (Å²) in [7, 11) is 9.65. The molecule has 0 bridgehead atoms. The van der Waals surface area contributed by atoms with Gasteiger partial charge in [-0.3, -0.25) is 9.98 Å². The third kappa shape index (κ3) is 5.02. The van der Waals surface area contributed by atoms with Gasteiger partial charge < -0.3 is 5.11 Å². The zero-order valence-electron chi connectivity index (χ0n) is 22.5. The molecule has 0 unspecified atom stereocenters. The van der Waals surface area contributed by atoms with Crippen molar-refractivity contribution in [2.75, 3.05) is 0 Å². The van der Waals surface area contributed by atoms with E-state index in [1.807, 2.05) is 48.5 Å². The van der Waals surface area contributed by atoms with E-state index in [9.17, 15) is 5.11 Å². The topological polar surface area (TPSA) is 45.5 Å². The van der Waals surface area contributed by atoms with Crippen LogP contribution >= 0.6 is 20.1 Å². The number of rotatable bonds is 4. The molecule has 0 fully saturated rings. The molecule has 1 heterocycles. The van der Waals surface area contributed by atoms with E-state index in [4.69, 9.17) is 25.1 Å². The van der Waals surface area contributed by atoms with Crippen LogP contribution in [0.15, 0.2) is 139 Å². The monoisotopic (exact) mass is 624 g/mol. The Balaban J connectivity index is 0.00000101. The normalized spacial score (nSPS) is 13.2. The third-order valence-electron chi connectivity index (χ3n) is 7.86. The quantitative estimate of drug-likeness (QED) is 0.198. The number of aliphatic imine (C=N–C) groups is 1. The van der Waals surface area contributed by atoms with Gasteiger partial charge in [-0.15, -0.1) is 0 Å². The van der Waals surface area contributed by atoms with Crippen LogP contribution in [0, 0.1) is 0 Å². The summed E-state index contributed by atoms with van der Waals surface area (Å²) >= 11 is -0.181. The number of nitrogens with zero attached hydrogens (tertiary/aromatic N) is 2. The molecule has 0 radical (unpaired) electrons. The van der Waals surface area contributed by atoms with Crippen LogP contribution in [0.25, 0.3) is 10.9 Å². The Kier molecular flexibility index (Phi) is 8.42. The predicted octanol–water partition coefficient (Wildman–Crippen LogP) is 9.35. The van der Waals surface area contributed by atoms with Crippen molar-refractivity contribution in [1.29, 1.82) is 0 Å². The van der Waals surface area contributed by atoms with Crippen molar-refractivity contribution in [2.24, 2.45) is 4.99 Å². The first-order valence-electron chi connectivity index (χ1n) is 13.5. The Bertz CT molecular complexity index is 1840. The van der Waals surface area contributed by atoms with E-state index < -0.39 is 5.41 Å². The number of phenols is 1. The Labute approximate surface area is 260 Å². The van der Waals surface area contributed by atoms with Gasteiger partial charge in [0.15, 0.2) is 0 Å². The van der Waals surface area contributed by atoms with Crippen molar-refractivity contribution >= 4 is 42.9 Å². The number of hydrogen-bond acceptors (Lipinski definition) is 3. The SMILES string of the molecule is Oc1c(C=Nc2cccc3cccnc23)cccc1C1(c2ccccc2)c2ccccc2Cc2ccccc21.[Cl][Cr][Cl]. The van der Waals surface area contributed by atoms with Gasteiger partial charge in [-0.1, -0.05) is 109 Å². The fourth-order valence-electron chi connectivity index (χ4n) is 6.18. The van der Waals surface area contributed by atoms with Gasteiger partial charge in [0.1, 0.15) is 5.75 Å². The summed E-state index contributed by atoms with van der Waals surface area (Å²) in [6.07, 6.45) is 4.39. The number of benzene rings is 5. The average Bonchev–Trinajstić information content (AvgIpc) is 3.04. The van der Waals surface area contributed by atoms with Crippen molar-refractivity contribution < 1.29 is 18.5 Å². The second kappa shape index (κ2) is 12.5. The maximum atomic E-state index is 12.0. The van der Waals surface area contributed by atoms with Crippen LogP contribution in [0.3, 0.4) is 0 Å². The van der Waals surface area contributed by atoms with Crippen molar-refractivity contribution in [1.82, 2.24) is 4.98 Å². The number of hydrogen-bond donors (Lipinski definition) is 1. The second-order valence-electron chi connectivity index (χ2n) is 10.0. The van der Waals surface area contributed by atoms with E-state index >= 15 is 0 Å². The number of aromatic hydroxyl groups is 1. The molecule has 0 saturated heterocycles. The molecule has 0 amide bonds. The molecule has 7 rings (SSSR count). The predicted molar refractivity (Wildman–Crippen MR) is 170 cm³/mol. The zero-order valence-corrected chi connectivity index (χ0v) is 25.3. The molecule has 6 aromatic rings. The van der Waals surface area contributed by atoms with Gasteiger partial charge in [-0.2, -0.15) is 0 Å². The van der Waals surface area contributed by atoms with Gasteiger partial charge in [-0.25, -0.2) is 0 Å². The van der Waals surface area contributed by atoms with Crippen LogP contribution in [-0.2, 0) is 25.2 Å². The van der Waals surface area contributed by atoms with Crippen LogP contribution in [-0.4, -0.2) is 16.3 Å². The Morgan fingerprint density at radius 2 is 1.29 bits per heavy atom. The summed E-state index contributed by atoms with van der Waals surface area (Å²) in [6, 6.07) is 43.7. The molecule has 0 saturated carbocycles. The molecule has 1 aliphatic carbocycles. The van der Waals surface area contributed by atoms with E-state index in [-0.39, 0.29) is 19.1 Å². The molecule has 0 spiro atoms. The van der Waals surface area contributed by atoms with Crippen LogP contribution in [0.2, 0.25) is 0 Å².